The Labute approximate surface area is 143 Å². The molecule has 0 spiro atoms. The normalized spacial score (nSPS) is 11.5. The number of nitrogens with two attached hydrogens (primary N) is 1. The first-order valence-electron chi connectivity index (χ1n) is 6.74. The van der Waals surface area contributed by atoms with Crippen LogP contribution in [0.25, 0.3) is 11.3 Å². The van der Waals surface area contributed by atoms with Gasteiger partial charge in [-0.3, -0.25) is 4.68 Å². The second kappa shape index (κ2) is 6.19. The highest BCUT2D eigenvalue weighted by atomic mass is 35.5. The fraction of sp³-hybridized carbons (Fsp3) is 0.0714. The number of hydrogen-bond donors (Lipinski definition) is 2. The van der Waals surface area contributed by atoms with Gasteiger partial charge in [0.25, 0.3) is 0 Å². The molecule has 0 fully saturated rings. The molecule has 3 N–H and O–H groups in total. The van der Waals surface area contributed by atoms with E-state index in [0.29, 0.717) is 16.4 Å². The van der Waals surface area contributed by atoms with Gasteiger partial charge in [0, 0.05) is 24.5 Å². The van der Waals surface area contributed by atoms with Crippen molar-refractivity contribution in [1.29, 1.82) is 0 Å². The van der Waals surface area contributed by atoms with E-state index in [0.717, 1.165) is 5.56 Å². The first kappa shape index (κ1) is 16.4. The number of sulfonamides is 1. The van der Waals surface area contributed by atoms with E-state index in [1.54, 1.807) is 36.3 Å². The maximum Gasteiger partial charge on any atom is 0.238 e. The van der Waals surface area contributed by atoms with E-state index in [-0.39, 0.29) is 10.8 Å². The Hall–Kier alpha value is -2.49. The van der Waals surface area contributed by atoms with Crippen molar-refractivity contribution in [2.75, 3.05) is 5.32 Å². The van der Waals surface area contributed by atoms with Crippen LogP contribution in [0.15, 0.2) is 47.8 Å². The van der Waals surface area contributed by atoms with Crippen molar-refractivity contribution in [3.63, 3.8) is 0 Å². The van der Waals surface area contributed by atoms with E-state index in [1.165, 1.54) is 18.3 Å². The molecular weight excluding hydrogens is 352 g/mol. The number of aryl methyl sites for hydroxylation is 1. The number of benzene rings is 1. The molecule has 0 aliphatic carbocycles. The summed E-state index contributed by atoms with van der Waals surface area (Å²) >= 11 is 6.14. The monoisotopic (exact) mass is 364 g/mol. The molecule has 24 heavy (non-hydrogen) atoms. The number of nitrogens with one attached hydrogen (secondary N) is 1. The maximum absolute atomic E-state index is 11.4. The summed E-state index contributed by atoms with van der Waals surface area (Å²) in [4.78, 5) is 8.45. The van der Waals surface area contributed by atoms with Gasteiger partial charge < -0.3 is 5.32 Å². The largest absolute Gasteiger partial charge is 0.324 e. The SMILES string of the molecule is Cn1cc(-c2nc(Nc3cccc(S(N)(=O)=O)c3)ncc2Cl)cn1. The van der Waals surface area contributed by atoms with Crippen molar-refractivity contribution in [2.45, 2.75) is 4.90 Å². The average Bonchev–Trinajstić information content (AvgIpc) is 2.95. The van der Waals surface area contributed by atoms with Gasteiger partial charge in [0.15, 0.2) is 0 Å². The van der Waals surface area contributed by atoms with Gasteiger partial charge in [0.05, 0.1) is 28.0 Å². The Morgan fingerprint density at radius 3 is 2.75 bits per heavy atom. The molecule has 3 rings (SSSR count). The van der Waals surface area contributed by atoms with Crippen molar-refractivity contribution < 1.29 is 8.42 Å². The average molecular weight is 365 g/mol. The topological polar surface area (TPSA) is 116 Å². The molecule has 2 heterocycles. The van der Waals surface area contributed by atoms with E-state index in [9.17, 15) is 8.42 Å². The third kappa shape index (κ3) is 3.53. The second-order valence-corrected chi connectivity index (χ2v) is 6.96. The Kier molecular flexibility index (Phi) is 4.22. The molecule has 0 aliphatic heterocycles. The predicted octanol–water partition coefficient (Wildman–Crippen LogP) is 1.92. The smallest absolute Gasteiger partial charge is 0.238 e. The number of nitrogens with zero attached hydrogens (tertiary/aromatic N) is 4. The zero-order valence-corrected chi connectivity index (χ0v) is 14.1. The zero-order valence-electron chi connectivity index (χ0n) is 12.5. The molecule has 0 unspecified atom stereocenters. The Balaban J connectivity index is 1.94. The molecule has 8 nitrogen and oxygen atoms in total. The van der Waals surface area contributed by atoms with Gasteiger partial charge in [-0.05, 0) is 18.2 Å². The van der Waals surface area contributed by atoms with E-state index in [1.807, 2.05) is 0 Å². The molecule has 0 amide bonds. The summed E-state index contributed by atoms with van der Waals surface area (Å²) < 4.78 is 24.5. The maximum atomic E-state index is 11.4. The Morgan fingerprint density at radius 1 is 1.29 bits per heavy atom. The quantitative estimate of drug-likeness (QED) is 0.730. The zero-order chi connectivity index (χ0) is 17.3. The molecule has 0 aliphatic rings. The van der Waals surface area contributed by atoms with E-state index in [4.69, 9.17) is 16.7 Å². The summed E-state index contributed by atoms with van der Waals surface area (Å²) in [6, 6.07) is 6.05. The van der Waals surface area contributed by atoms with Crippen LogP contribution in [0.3, 0.4) is 0 Å². The predicted molar refractivity (Wildman–Crippen MR) is 90.3 cm³/mol. The van der Waals surface area contributed by atoms with Crippen molar-refractivity contribution in [1.82, 2.24) is 19.7 Å². The van der Waals surface area contributed by atoms with Gasteiger partial charge in [0.2, 0.25) is 16.0 Å². The summed E-state index contributed by atoms with van der Waals surface area (Å²) in [6.45, 7) is 0. The van der Waals surface area contributed by atoms with Crippen LogP contribution in [0.5, 0.6) is 0 Å². The summed E-state index contributed by atoms with van der Waals surface area (Å²) in [5.74, 6) is 0.268. The van der Waals surface area contributed by atoms with E-state index >= 15 is 0 Å². The minimum absolute atomic E-state index is 0.00561. The molecule has 0 radical (unpaired) electrons. The molecule has 2 aromatic heterocycles. The fourth-order valence-electron chi connectivity index (χ4n) is 2.05. The molecule has 0 bridgehead atoms. The highest BCUT2D eigenvalue weighted by molar-refractivity contribution is 7.89. The lowest BCUT2D eigenvalue weighted by Gasteiger charge is -2.08. The van der Waals surface area contributed by atoms with Crippen LogP contribution in [0, 0.1) is 0 Å². The van der Waals surface area contributed by atoms with Gasteiger partial charge in [0.1, 0.15) is 0 Å². The lowest BCUT2D eigenvalue weighted by molar-refractivity contribution is 0.598. The minimum Gasteiger partial charge on any atom is -0.324 e. The summed E-state index contributed by atoms with van der Waals surface area (Å²) in [5, 5.41) is 12.5. The summed E-state index contributed by atoms with van der Waals surface area (Å²) in [7, 11) is -2.00. The second-order valence-electron chi connectivity index (χ2n) is 4.99. The van der Waals surface area contributed by atoms with Gasteiger partial charge >= 0.3 is 0 Å². The third-order valence-electron chi connectivity index (χ3n) is 3.14. The van der Waals surface area contributed by atoms with E-state index in [2.05, 4.69) is 20.4 Å². The van der Waals surface area contributed by atoms with Crippen LogP contribution in [0.2, 0.25) is 5.02 Å². The van der Waals surface area contributed by atoms with Crippen molar-refractivity contribution in [3.8, 4) is 11.3 Å². The van der Waals surface area contributed by atoms with Gasteiger partial charge in [-0.2, -0.15) is 5.10 Å². The molecular formula is C14H13ClN6O2S. The standard InChI is InChI=1S/C14H13ClN6O2S/c1-21-8-9(6-18-21)13-12(15)7-17-14(20-13)19-10-3-2-4-11(5-10)24(16,22)23/h2-8H,1H3,(H2,16,22,23)(H,17,19,20). The molecule has 1 aromatic carbocycles. The number of hydrogen-bond acceptors (Lipinski definition) is 6. The number of aromatic nitrogens is 4. The molecule has 124 valence electrons. The number of primary sulfonamides is 1. The molecule has 0 saturated heterocycles. The highest BCUT2D eigenvalue weighted by Gasteiger charge is 2.12. The summed E-state index contributed by atoms with van der Waals surface area (Å²) in [5.41, 5.74) is 1.75. The van der Waals surface area contributed by atoms with E-state index < -0.39 is 10.0 Å². The number of anilines is 2. The highest BCUT2D eigenvalue weighted by Crippen LogP contribution is 2.26. The fourth-order valence-corrected chi connectivity index (χ4v) is 2.81. The van der Waals surface area contributed by atoms with Crippen LogP contribution in [0.1, 0.15) is 0 Å². The van der Waals surface area contributed by atoms with Crippen molar-refractivity contribution in [3.05, 3.63) is 47.9 Å². The lowest BCUT2D eigenvalue weighted by Crippen LogP contribution is -2.12. The Bertz CT molecular complexity index is 1000. The molecule has 3 aromatic rings. The van der Waals surface area contributed by atoms with Crippen LogP contribution >= 0.6 is 11.6 Å². The van der Waals surface area contributed by atoms with Gasteiger partial charge in [-0.1, -0.05) is 17.7 Å². The number of rotatable bonds is 4. The molecule has 10 heteroatoms. The summed E-state index contributed by atoms with van der Waals surface area (Å²) in [6.07, 6.45) is 4.88. The third-order valence-corrected chi connectivity index (χ3v) is 4.33. The number of halogens is 1. The minimum atomic E-state index is -3.79. The van der Waals surface area contributed by atoms with Crippen LogP contribution in [-0.2, 0) is 17.1 Å². The van der Waals surface area contributed by atoms with Crippen LogP contribution < -0.4 is 10.5 Å². The lowest BCUT2D eigenvalue weighted by atomic mass is 10.2. The van der Waals surface area contributed by atoms with Crippen molar-refractivity contribution in [2.24, 2.45) is 12.2 Å². The van der Waals surface area contributed by atoms with Crippen LogP contribution in [0.4, 0.5) is 11.6 Å². The molecule has 0 saturated carbocycles. The van der Waals surface area contributed by atoms with Gasteiger partial charge in [-0.25, -0.2) is 23.5 Å². The van der Waals surface area contributed by atoms with Crippen LogP contribution in [-0.4, -0.2) is 28.2 Å². The molecule has 0 atom stereocenters. The van der Waals surface area contributed by atoms with Crippen molar-refractivity contribution >= 4 is 33.3 Å². The van der Waals surface area contributed by atoms with Gasteiger partial charge in [-0.15, -0.1) is 0 Å². The Morgan fingerprint density at radius 2 is 2.08 bits per heavy atom. The first-order valence-corrected chi connectivity index (χ1v) is 8.67. The first-order chi connectivity index (χ1) is 11.3.